The summed E-state index contributed by atoms with van der Waals surface area (Å²) in [5.74, 6) is 0.951. The number of piperazine rings is 1. The molecule has 2 unspecified atom stereocenters. The molecule has 124 valence electrons. The zero-order chi connectivity index (χ0) is 16.0. The largest absolute Gasteiger partial charge is 0.496 e. The van der Waals surface area contributed by atoms with Gasteiger partial charge in [-0.3, -0.25) is 9.80 Å². The molecule has 0 saturated carbocycles. The molecule has 1 aromatic heterocycles. The van der Waals surface area contributed by atoms with Gasteiger partial charge in [-0.05, 0) is 31.0 Å². The molecular formula is C18H24FN3O. The number of nitrogens with one attached hydrogen (secondary N) is 1. The van der Waals surface area contributed by atoms with E-state index in [0.717, 1.165) is 31.9 Å². The van der Waals surface area contributed by atoms with Gasteiger partial charge in [-0.25, -0.2) is 4.39 Å². The van der Waals surface area contributed by atoms with Gasteiger partial charge in [0.05, 0.1) is 7.11 Å². The van der Waals surface area contributed by atoms with Crippen LogP contribution < -0.4 is 4.74 Å². The van der Waals surface area contributed by atoms with Crippen molar-refractivity contribution >= 4 is 10.9 Å². The first-order chi connectivity index (χ1) is 11.2. The average Bonchev–Trinajstić information content (AvgIpc) is 3.15. The Kier molecular flexibility index (Phi) is 3.77. The quantitative estimate of drug-likeness (QED) is 0.944. The summed E-state index contributed by atoms with van der Waals surface area (Å²) in [5.41, 5.74) is 3.62. The van der Waals surface area contributed by atoms with Gasteiger partial charge in [0.25, 0.3) is 0 Å². The molecule has 3 heterocycles. The molecule has 0 bridgehead atoms. The summed E-state index contributed by atoms with van der Waals surface area (Å²) in [5, 5.41) is 1.24. The predicted molar refractivity (Wildman–Crippen MR) is 89.7 cm³/mol. The van der Waals surface area contributed by atoms with Gasteiger partial charge in [-0.1, -0.05) is 0 Å². The zero-order valence-corrected chi connectivity index (χ0v) is 13.8. The summed E-state index contributed by atoms with van der Waals surface area (Å²) in [6.07, 6.45) is 2.02. The molecule has 23 heavy (non-hydrogen) atoms. The smallest absolute Gasteiger partial charge is 0.124 e. The Hall–Kier alpha value is -1.59. The van der Waals surface area contributed by atoms with Crippen molar-refractivity contribution in [2.75, 3.05) is 33.3 Å². The van der Waals surface area contributed by atoms with E-state index in [0.29, 0.717) is 19.0 Å². The van der Waals surface area contributed by atoms with Crippen LogP contribution >= 0.6 is 0 Å². The highest BCUT2D eigenvalue weighted by molar-refractivity contribution is 5.88. The van der Waals surface area contributed by atoms with Crippen LogP contribution in [-0.4, -0.2) is 60.3 Å². The number of hydrogen-bond donors (Lipinski definition) is 1. The van der Waals surface area contributed by atoms with E-state index in [9.17, 15) is 4.39 Å². The molecule has 1 aromatic carbocycles. The molecule has 0 amide bonds. The van der Waals surface area contributed by atoms with E-state index < -0.39 is 6.17 Å². The fourth-order valence-corrected chi connectivity index (χ4v) is 4.19. The Balaban J connectivity index is 1.60. The van der Waals surface area contributed by atoms with Crippen LogP contribution in [0.15, 0.2) is 18.3 Å². The monoisotopic (exact) mass is 317 g/mol. The Labute approximate surface area is 136 Å². The van der Waals surface area contributed by atoms with Crippen molar-refractivity contribution in [3.05, 3.63) is 29.5 Å². The highest BCUT2D eigenvalue weighted by Gasteiger charge is 2.36. The number of alkyl halides is 1. The lowest BCUT2D eigenvalue weighted by molar-refractivity contribution is 0.0984. The molecule has 4 nitrogen and oxygen atoms in total. The molecule has 4 rings (SSSR count). The molecule has 2 atom stereocenters. The van der Waals surface area contributed by atoms with Gasteiger partial charge >= 0.3 is 0 Å². The molecule has 2 fully saturated rings. The average molecular weight is 317 g/mol. The van der Waals surface area contributed by atoms with E-state index in [1.165, 1.54) is 22.0 Å². The van der Waals surface area contributed by atoms with Crippen LogP contribution in [0.3, 0.4) is 0 Å². The van der Waals surface area contributed by atoms with Gasteiger partial charge in [0.1, 0.15) is 11.9 Å². The molecule has 1 N–H and O–H groups in total. The molecule has 5 heteroatoms. The van der Waals surface area contributed by atoms with Crippen LogP contribution in [0, 0.1) is 6.92 Å². The summed E-state index contributed by atoms with van der Waals surface area (Å²) in [6.45, 7) is 6.49. The second-order valence-electron chi connectivity index (χ2n) is 6.86. The summed E-state index contributed by atoms with van der Waals surface area (Å²) < 4.78 is 19.3. The Bertz CT molecular complexity index is 714. The number of aromatic nitrogens is 1. The molecule has 2 aromatic rings. The Morgan fingerprint density at radius 1 is 1.35 bits per heavy atom. The van der Waals surface area contributed by atoms with Crippen LogP contribution in [0.25, 0.3) is 10.9 Å². The van der Waals surface area contributed by atoms with E-state index in [1.54, 1.807) is 7.11 Å². The van der Waals surface area contributed by atoms with E-state index >= 15 is 0 Å². The van der Waals surface area contributed by atoms with Crippen LogP contribution in [0.1, 0.15) is 17.5 Å². The van der Waals surface area contributed by atoms with Crippen molar-refractivity contribution in [3.8, 4) is 5.75 Å². The standard InChI is InChI=1S/C18H24FN3O/c1-12-7-17(23-2)16(15-3-4-20-18(12)15)11-21-5-6-22-9-13(19)8-14(22)10-21/h3-4,7,13-14,20H,5-6,8-11H2,1-2H3. The van der Waals surface area contributed by atoms with Crippen molar-refractivity contribution in [2.45, 2.75) is 32.1 Å². The molecule has 2 saturated heterocycles. The molecule has 2 aliphatic heterocycles. The minimum atomic E-state index is -0.648. The number of hydrogen-bond acceptors (Lipinski definition) is 3. The number of fused-ring (bicyclic) bond motifs is 2. The first-order valence-electron chi connectivity index (χ1n) is 8.39. The number of rotatable bonds is 3. The maximum atomic E-state index is 13.6. The summed E-state index contributed by atoms with van der Waals surface area (Å²) in [7, 11) is 1.74. The minimum Gasteiger partial charge on any atom is -0.496 e. The van der Waals surface area contributed by atoms with Crippen molar-refractivity contribution in [1.82, 2.24) is 14.8 Å². The fourth-order valence-electron chi connectivity index (χ4n) is 4.19. The van der Waals surface area contributed by atoms with Gasteiger partial charge in [0.2, 0.25) is 0 Å². The molecule has 0 spiro atoms. The van der Waals surface area contributed by atoms with Crippen LogP contribution in [-0.2, 0) is 6.54 Å². The van der Waals surface area contributed by atoms with E-state index in [4.69, 9.17) is 4.74 Å². The fraction of sp³-hybridized carbons (Fsp3) is 0.556. The van der Waals surface area contributed by atoms with Crippen molar-refractivity contribution in [3.63, 3.8) is 0 Å². The van der Waals surface area contributed by atoms with E-state index in [2.05, 4.69) is 33.8 Å². The number of halogens is 1. The van der Waals surface area contributed by atoms with Crippen LogP contribution in [0.2, 0.25) is 0 Å². The molecular weight excluding hydrogens is 293 g/mol. The van der Waals surface area contributed by atoms with Gasteiger partial charge < -0.3 is 9.72 Å². The maximum Gasteiger partial charge on any atom is 0.124 e. The van der Waals surface area contributed by atoms with Gasteiger partial charge in [0, 0.05) is 61.4 Å². The number of methoxy groups -OCH3 is 1. The van der Waals surface area contributed by atoms with Crippen molar-refractivity contribution in [2.24, 2.45) is 0 Å². The van der Waals surface area contributed by atoms with Gasteiger partial charge in [0.15, 0.2) is 0 Å². The molecule has 0 radical (unpaired) electrons. The first kappa shape index (κ1) is 15.0. The normalized spacial score (nSPS) is 25.9. The second-order valence-corrected chi connectivity index (χ2v) is 6.86. The third kappa shape index (κ3) is 2.62. The minimum absolute atomic E-state index is 0.372. The van der Waals surface area contributed by atoms with E-state index in [1.807, 2.05) is 6.20 Å². The topological polar surface area (TPSA) is 31.5 Å². The van der Waals surface area contributed by atoms with Crippen molar-refractivity contribution in [1.29, 1.82) is 0 Å². The molecule has 0 aliphatic carbocycles. The Morgan fingerprint density at radius 2 is 2.22 bits per heavy atom. The Morgan fingerprint density at radius 3 is 3.04 bits per heavy atom. The van der Waals surface area contributed by atoms with Crippen LogP contribution in [0.5, 0.6) is 5.75 Å². The number of aryl methyl sites for hydroxylation is 1. The highest BCUT2D eigenvalue weighted by Crippen LogP contribution is 2.33. The summed E-state index contributed by atoms with van der Waals surface area (Å²) in [6, 6.07) is 4.61. The third-order valence-electron chi connectivity index (χ3n) is 5.36. The summed E-state index contributed by atoms with van der Waals surface area (Å²) in [4.78, 5) is 8.08. The number of H-pyrrole nitrogens is 1. The lowest BCUT2D eigenvalue weighted by Gasteiger charge is -2.37. The van der Waals surface area contributed by atoms with E-state index in [-0.39, 0.29) is 0 Å². The predicted octanol–water partition coefficient (Wildman–Crippen LogP) is 2.71. The SMILES string of the molecule is COc1cc(C)c2[nH]ccc2c1CN1CCN2CC(F)CC2C1. The first-order valence-corrected chi connectivity index (χ1v) is 8.39. The molecule has 2 aliphatic rings. The summed E-state index contributed by atoms with van der Waals surface area (Å²) >= 11 is 0. The third-order valence-corrected chi connectivity index (χ3v) is 5.36. The number of nitrogens with zero attached hydrogens (tertiary/aromatic N) is 2. The van der Waals surface area contributed by atoms with Gasteiger partial charge in [-0.2, -0.15) is 0 Å². The van der Waals surface area contributed by atoms with Crippen LogP contribution in [0.4, 0.5) is 4.39 Å². The number of ether oxygens (including phenoxy) is 1. The number of benzene rings is 1. The lowest BCUT2D eigenvalue weighted by atomic mass is 10.0. The second kappa shape index (κ2) is 5.80. The maximum absolute atomic E-state index is 13.6. The van der Waals surface area contributed by atoms with Gasteiger partial charge in [-0.15, -0.1) is 0 Å². The zero-order valence-electron chi connectivity index (χ0n) is 13.8. The number of aromatic amines is 1. The van der Waals surface area contributed by atoms with Crippen molar-refractivity contribution < 1.29 is 9.13 Å². The highest BCUT2D eigenvalue weighted by atomic mass is 19.1. The lowest BCUT2D eigenvalue weighted by Crippen LogP contribution is -2.49.